The van der Waals surface area contributed by atoms with Gasteiger partial charge in [-0.05, 0) is 0 Å². The van der Waals surface area contributed by atoms with E-state index in [0.717, 1.165) is 0 Å². The summed E-state index contributed by atoms with van der Waals surface area (Å²) in [5.74, 6) is 0. The van der Waals surface area contributed by atoms with Crippen LogP contribution in [0.5, 0.6) is 0 Å². The molecule has 6 heteroatoms. The van der Waals surface area contributed by atoms with Crippen molar-refractivity contribution in [1.29, 1.82) is 0 Å². The van der Waals surface area contributed by atoms with Crippen molar-refractivity contribution in [3.63, 3.8) is 0 Å². The van der Waals surface area contributed by atoms with Gasteiger partial charge in [-0.3, -0.25) is 0 Å². The third-order valence-electron chi connectivity index (χ3n) is 0. The molecule has 4 nitrogen and oxygen atoms in total. The maximum absolute atomic E-state index is 8.59. The third-order valence-corrected chi connectivity index (χ3v) is 0. The summed E-state index contributed by atoms with van der Waals surface area (Å²) in [5, 5.41) is 0. The number of rotatable bonds is 0. The largest absolute Gasteiger partial charge is 1.00 e. The second-order valence-corrected chi connectivity index (χ2v) is 2.12. The van der Waals surface area contributed by atoms with E-state index in [4.69, 9.17) is 16.0 Å². The van der Waals surface area contributed by atoms with Crippen LogP contribution >= 0.6 is 0 Å². The van der Waals surface area contributed by atoms with Gasteiger partial charge in [0.05, 0.1) is 0 Å². The van der Waals surface area contributed by atoms with Crippen LogP contribution in [0.4, 0.5) is 0 Å². The Morgan fingerprint density at radius 3 is 1.17 bits per heavy atom. The molecule has 0 unspecified atom stereocenters. The minimum atomic E-state index is -5.75. The van der Waals surface area contributed by atoms with Crippen molar-refractivity contribution in [2.75, 3.05) is 0 Å². The van der Waals surface area contributed by atoms with Crippen LogP contribution in [0, 0.1) is 0 Å². The van der Waals surface area contributed by atoms with Crippen LogP contribution in [0.15, 0.2) is 0 Å². The van der Waals surface area contributed by atoms with E-state index in [9.17, 15) is 0 Å². The van der Waals surface area contributed by atoms with Gasteiger partial charge in [-0.15, -0.1) is 0 Å². The molecule has 0 atom stereocenters. The molecule has 0 aliphatic heterocycles. The van der Waals surface area contributed by atoms with Crippen molar-refractivity contribution in [2.45, 2.75) is 0 Å². The van der Waals surface area contributed by atoms with E-state index in [0.29, 0.717) is 0 Å². The van der Waals surface area contributed by atoms with E-state index in [1.807, 2.05) is 0 Å². The molecule has 0 amide bonds. The molecule has 0 heterocycles. The molecule has 0 aliphatic rings. The van der Waals surface area contributed by atoms with Gasteiger partial charge in [0.1, 0.15) is 0 Å². The first-order valence-corrected chi connectivity index (χ1v) is 3.46. The zero-order valence-electron chi connectivity index (χ0n) is 3.04. The van der Waals surface area contributed by atoms with Crippen molar-refractivity contribution in [1.82, 2.24) is 0 Å². The van der Waals surface area contributed by atoms with Gasteiger partial charge in [0.2, 0.25) is 0 Å². The van der Waals surface area contributed by atoms with Crippen LogP contribution < -0.4 is 27.2 Å². The maximum Gasteiger partial charge on any atom is 1.00 e. The Kier molecular flexibility index (Phi) is 4.50. The van der Waals surface area contributed by atoms with Gasteiger partial charge >= 0.3 is 48.3 Å². The summed E-state index contributed by atoms with van der Waals surface area (Å²) in [6, 6.07) is 0. The predicted molar refractivity (Wildman–Crippen MR) is 7.13 cm³/mol. The molecule has 0 saturated heterocycles. The Hall–Kier alpha value is 0.637. The molecule has 0 aromatic rings. The SMILES string of the molecule is O=[Se](=O)([O-])[O-].[Li+]. The zero-order chi connectivity index (χ0) is 4.50. The van der Waals surface area contributed by atoms with Crippen LogP contribution in [-0.2, 0) is 7.67 Å². The molecule has 0 aliphatic carbocycles. The topological polar surface area (TPSA) is 80.3 Å². The quantitative estimate of drug-likeness (QED) is 0.322. The number of hydrogen-bond acceptors (Lipinski definition) is 4. The molecule has 0 fully saturated rings. The van der Waals surface area contributed by atoms with Gasteiger partial charge in [0, 0.05) is 0 Å². The van der Waals surface area contributed by atoms with E-state index >= 15 is 0 Å². The summed E-state index contributed by atoms with van der Waals surface area (Å²) in [6.07, 6.45) is 0. The van der Waals surface area contributed by atoms with Crippen molar-refractivity contribution < 1.29 is 34.9 Å². The molecule has 0 spiro atoms. The minimum Gasteiger partial charge on any atom is 1.00 e. The van der Waals surface area contributed by atoms with E-state index in [-0.39, 0.29) is 18.9 Å². The molecule has 0 saturated carbocycles. The molecule has 0 radical (unpaired) electrons. The summed E-state index contributed by atoms with van der Waals surface area (Å²) in [4.78, 5) is 0. The van der Waals surface area contributed by atoms with Gasteiger partial charge < -0.3 is 0 Å². The Morgan fingerprint density at radius 2 is 1.17 bits per heavy atom. The second-order valence-electron chi connectivity index (χ2n) is 0.408. The average molecular weight is 150 g/mol. The first-order chi connectivity index (χ1) is 2.00. The van der Waals surface area contributed by atoms with Crippen molar-refractivity contribution >= 4 is 13.4 Å². The van der Waals surface area contributed by atoms with Gasteiger partial charge in [-0.1, -0.05) is 0 Å². The van der Waals surface area contributed by atoms with E-state index < -0.39 is 13.4 Å². The van der Waals surface area contributed by atoms with E-state index in [1.54, 1.807) is 0 Å². The summed E-state index contributed by atoms with van der Waals surface area (Å²) in [5.41, 5.74) is 0. The molecule has 0 aromatic heterocycles. The Morgan fingerprint density at radius 1 is 1.17 bits per heavy atom. The normalized spacial score (nSPS) is 9.67. The smallest absolute Gasteiger partial charge is 1.00 e. The molecule has 32 valence electrons. The molecule has 6 heavy (non-hydrogen) atoms. The average Bonchev–Trinajstić information content (AvgIpc) is 0.722. The predicted octanol–water partition coefficient (Wildman–Crippen LogP) is -5.99. The summed E-state index contributed by atoms with van der Waals surface area (Å²) < 4.78 is 34.4. The zero-order valence-corrected chi connectivity index (χ0v) is 4.75. The fourth-order valence-electron chi connectivity index (χ4n) is 0. The summed E-state index contributed by atoms with van der Waals surface area (Å²) in [6.45, 7) is 0. The van der Waals surface area contributed by atoms with Gasteiger partial charge in [-0.2, -0.15) is 0 Å². The van der Waals surface area contributed by atoms with Crippen LogP contribution in [0.3, 0.4) is 0 Å². The fraction of sp³-hybridized carbons (Fsp3) is 0. The standard InChI is InChI=1S/Li.H2O4Se/c;1-5(2,3)4/h;(H2,1,2,3,4)/q+1;/p-2. The second kappa shape index (κ2) is 2.75. The van der Waals surface area contributed by atoms with Crippen LogP contribution in [-0.4, -0.2) is 13.4 Å². The summed E-state index contributed by atoms with van der Waals surface area (Å²) >= 11 is -5.75. The number of hydrogen-bond donors (Lipinski definition) is 0. The van der Waals surface area contributed by atoms with Gasteiger partial charge in [0.25, 0.3) is 0 Å². The Balaban J connectivity index is 0. The van der Waals surface area contributed by atoms with Crippen molar-refractivity contribution in [3.05, 3.63) is 0 Å². The van der Waals surface area contributed by atoms with Gasteiger partial charge in [-0.25, -0.2) is 0 Å². The van der Waals surface area contributed by atoms with E-state index in [1.165, 1.54) is 0 Å². The van der Waals surface area contributed by atoms with Crippen molar-refractivity contribution in [3.8, 4) is 0 Å². The molecule has 0 N–H and O–H groups in total. The fourth-order valence-corrected chi connectivity index (χ4v) is 0. The summed E-state index contributed by atoms with van der Waals surface area (Å²) in [7, 11) is 0. The minimum absolute atomic E-state index is 0. The Bertz CT molecular complexity index is 90.7. The van der Waals surface area contributed by atoms with Crippen LogP contribution in [0.2, 0.25) is 0 Å². The van der Waals surface area contributed by atoms with E-state index in [2.05, 4.69) is 0 Å². The van der Waals surface area contributed by atoms with Gasteiger partial charge in [0.15, 0.2) is 0 Å². The van der Waals surface area contributed by atoms with Crippen LogP contribution in [0.1, 0.15) is 0 Å². The Labute approximate surface area is 48.6 Å². The molecule has 0 aromatic carbocycles. The molecule has 0 rings (SSSR count). The first kappa shape index (κ1) is 9.81. The molecule has 0 bridgehead atoms. The molecular weight excluding hydrogens is 150 g/mol. The first-order valence-electron chi connectivity index (χ1n) is 0.667. The maximum atomic E-state index is 8.59. The van der Waals surface area contributed by atoms with Crippen LogP contribution in [0.25, 0.3) is 0 Å². The third kappa shape index (κ3) is 151. The van der Waals surface area contributed by atoms with Crippen molar-refractivity contribution in [2.24, 2.45) is 0 Å². The monoisotopic (exact) mass is 151 g/mol. The molecular formula is LiO4Se-.